The second-order valence-corrected chi connectivity index (χ2v) is 21.0. The van der Waals surface area contributed by atoms with Gasteiger partial charge in [0.25, 0.3) is 0 Å². The van der Waals surface area contributed by atoms with Gasteiger partial charge >= 0.3 is 0 Å². The van der Waals surface area contributed by atoms with Crippen molar-refractivity contribution in [3.63, 3.8) is 0 Å². The van der Waals surface area contributed by atoms with Crippen LogP contribution in [0.2, 0.25) is 0 Å². The van der Waals surface area contributed by atoms with Gasteiger partial charge in [0.2, 0.25) is 0 Å². The zero-order valence-corrected chi connectivity index (χ0v) is 47.3. The molecule has 0 fully saturated rings. The van der Waals surface area contributed by atoms with E-state index in [1.54, 1.807) is 0 Å². The van der Waals surface area contributed by atoms with Crippen molar-refractivity contribution in [1.29, 1.82) is 0 Å². The average Bonchev–Trinajstić information content (AvgIpc) is 3.36. The molecule has 0 N–H and O–H groups in total. The predicted molar refractivity (Wildman–Crippen MR) is 308 cm³/mol. The van der Waals surface area contributed by atoms with Gasteiger partial charge in [0.15, 0.2) is 0 Å². The van der Waals surface area contributed by atoms with Crippen molar-refractivity contribution in [2.75, 3.05) is 0 Å². The van der Waals surface area contributed by atoms with Gasteiger partial charge in [-0.3, -0.25) is 9.98 Å². The Morgan fingerprint density at radius 2 is 0.725 bits per heavy atom. The summed E-state index contributed by atoms with van der Waals surface area (Å²) in [5.74, 6) is 7.02. The molecule has 0 spiro atoms. The Bertz CT molecular complexity index is 1510. The van der Waals surface area contributed by atoms with Crippen molar-refractivity contribution >= 4 is 22.8 Å². The largest absolute Gasteiger partial charge is 0.252 e. The first-order valence-electron chi connectivity index (χ1n) is 30.5. The molecule has 0 saturated heterocycles. The summed E-state index contributed by atoms with van der Waals surface area (Å²) < 4.78 is 0. The molecule has 0 bridgehead atoms. The second-order valence-electron chi connectivity index (χ2n) is 21.0. The van der Waals surface area contributed by atoms with Gasteiger partial charge in [-0.1, -0.05) is 296 Å². The summed E-state index contributed by atoms with van der Waals surface area (Å²) in [6.07, 6.45) is 62.0. The monoisotopic (exact) mass is 991 g/mol. The Hall–Kier alpha value is -2.17. The SMILES string of the molecule is CCCCCCCCCCCCCCCCCCCCCCCCCC#CCCc1ccccc1/N=C(CC)/C(CCCCCCCC)=N/c1ccc(CCCCCCCCCCCCC)cc1.[Ni]. The summed E-state index contributed by atoms with van der Waals surface area (Å²) >= 11 is 0. The molecule has 0 aromatic heterocycles. The molecule has 2 aromatic carbocycles. The topological polar surface area (TPSA) is 24.7 Å². The molecule has 0 aliphatic heterocycles. The number of aliphatic imine (C=N–C) groups is 2. The van der Waals surface area contributed by atoms with Crippen LogP contribution in [0.4, 0.5) is 11.4 Å². The quantitative estimate of drug-likeness (QED) is 0.0273. The van der Waals surface area contributed by atoms with E-state index in [2.05, 4.69) is 88.1 Å². The zero-order valence-electron chi connectivity index (χ0n) is 46.4. The van der Waals surface area contributed by atoms with E-state index in [-0.39, 0.29) is 16.5 Å². The van der Waals surface area contributed by atoms with E-state index in [1.165, 1.54) is 280 Å². The van der Waals surface area contributed by atoms with Crippen LogP contribution in [-0.2, 0) is 29.3 Å². The van der Waals surface area contributed by atoms with E-state index < -0.39 is 0 Å². The Kier molecular flexibility index (Phi) is 47.7. The molecule has 69 heavy (non-hydrogen) atoms. The fourth-order valence-corrected chi connectivity index (χ4v) is 9.92. The summed E-state index contributed by atoms with van der Waals surface area (Å²) in [7, 11) is 0. The number of hydrogen-bond donors (Lipinski definition) is 0. The summed E-state index contributed by atoms with van der Waals surface area (Å²) in [4.78, 5) is 10.7. The van der Waals surface area contributed by atoms with Crippen molar-refractivity contribution < 1.29 is 16.5 Å². The standard InChI is InChI=1S/C66H112N2.Ni/c1-5-9-12-15-18-20-22-23-24-25-26-27-28-29-30-31-32-33-34-35-36-37-39-41-43-45-48-53-62-54-50-51-55-65(62)68-64(8-4)66(56-49-46-17-14-11-7-3)67-63-59-57-61(58-60-63)52-47-44-42-40-38-21-19-16-13-10-6-2;/h50-51,54-55,57-60H,5-42,44,46-49,52-53,56H2,1-4H3;/b67-66+,68-64+;. The van der Waals surface area contributed by atoms with Crippen LogP contribution >= 0.6 is 0 Å². The molecule has 0 amide bonds. The van der Waals surface area contributed by atoms with Gasteiger partial charge in [-0.25, -0.2) is 0 Å². The van der Waals surface area contributed by atoms with Crippen LogP contribution in [0.3, 0.4) is 0 Å². The fourth-order valence-electron chi connectivity index (χ4n) is 9.92. The third kappa shape index (κ3) is 39.1. The van der Waals surface area contributed by atoms with Gasteiger partial charge in [-0.05, 0) is 74.3 Å². The number of rotatable bonds is 48. The molecule has 0 heterocycles. The van der Waals surface area contributed by atoms with Crippen LogP contribution < -0.4 is 0 Å². The van der Waals surface area contributed by atoms with E-state index in [1.807, 2.05) is 0 Å². The molecule has 396 valence electrons. The normalized spacial score (nSPS) is 11.8. The number of hydrogen-bond acceptors (Lipinski definition) is 2. The number of benzene rings is 2. The maximum atomic E-state index is 5.37. The van der Waals surface area contributed by atoms with E-state index in [9.17, 15) is 0 Å². The first kappa shape index (κ1) is 64.8. The number of para-hydroxylation sites is 1. The minimum atomic E-state index is 0. The predicted octanol–water partition coefficient (Wildman–Crippen LogP) is 22.9. The van der Waals surface area contributed by atoms with Gasteiger partial charge in [-0.15, -0.1) is 11.8 Å². The fraction of sp³-hybridized carbons (Fsp3) is 0.758. The van der Waals surface area contributed by atoms with Gasteiger partial charge in [0.1, 0.15) is 0 Å². The van der Waals surface area contributed by atoms with E-state index in [0.29, 0.717) is 0 Å². The Labute approximate surface area is 441 Å². The van der Waals surface area contributed by atoms with Gasteiger partial charge in [-0.2, -0.15) is 0 Å². The molecule has 0 unspecified atom stereocenters. The van der Waals surface area contributed by atoms with E-state index >= 15 is 0 Å². The molecule has 2 rings (SSSR count). The number of nitrogens with zero attached hydrogens (tertiary/aromatic N) is 2. The number of unbranched alkanes of at least 4 members (excludes halogenated alkanes) is 38. The Morgan fingerprint density at radius 1 is 0.348 bits per heavy atom. The number of aryl methyl sites for hydroxylation is 2. The van der Waals surface area contributed by atoms with Gasteiger partial charge < -0.3 is 0 Å². The van der Waals surface area contributed by atoms with Crippen LogP contribution in [0, 0.1) is 11.8 Å². The summed E-state index contributed by atoms with van der Waals surface area (Å²) in [5.41, 5.74) is 7.23. The van der Waals surface area contributed by atoms with Crippen molar-refractivity contribution in [2.24, 2.45) is 9.98 Å². The van der Waals surface area contributed by atoms with E-state index in [4.69, 9.17) is 9.98 Å². The van der Waals surface area contributed by atoms with Crippen molar-refractivity contribution in [2.45, 2.75) is 323 Å². The Morgan fingerprint density at radius 3 is 1.16 bits per heavy atom. The first-order chi connectivity index (χ1) is 33.7. The molecule has 2 nitrogen and oxygen atoms in total. The molecule has 0 aliphatic carbocycles. The van der Waals surface area contributed by atoms with Gasteiger partial charge in [0.05, 0.1) is 22.8 Å². The molecule has 0 aliphatic rings. The molecular weight excluding hydrogens is 879 g/mol. The molecule has 3 heteroatoms. The summed E-state index contributed by atoms with van der Waals surface area (Å²) in [6.45, 7) is 9.16. The molecular formula is C66H112N2Ni. The third-order valence-corrected chi connectivity index (χ3v) is 14.5. The average molecular weight is 992 g/mol. The van der Waals surface area contributed by atoms with E-state index in [0.717, 1.165) is 49.2 Å². The van der Waals surface area contributed by atoms with Crippen LogP contribution in [0.25, 0.3) is 0 Å². The van der Waals surface area contributed by atoms with Crippen molar-refractivity contribution in [3.05, 3.63) is 59.7 Å². The Balaban J connectivity index is 0.0000238. The molecule has 0 atom stereocenters. The minimum Gasteiger partial charge on any atom is -0.252 e. The summed E-state index contributed by atoms with van der Waals surface area (Å²) in [5, 5.41) is 0. The molecule has 0 radical (unpaired) electrons. The molecule has 0 saturated carbocycles. The van der Waals surface area contributed by atoms with Crippen LogP contribution in [0.15, 0.2) is 58.5 Å². The van der Waals surface area contributed by atoms with Crippen molar-refractivity contribution in [1.82, 2.24) is 0 Å². The third-order valence-electron chi connectivity index (χ3n) is 14.5. The van der Waals surface area contributed by atoms with Gasteiger partial charge in [0, 0.05) is 29.3 Å². The minimum absolute atomic E-state index is 0. The van der Waals surface area contributed by atoms with Crippen LogP contribution in [0.5, 0.6) is 0 Å². The molecule has 2 aromatic rings. The second kappa shape index (κ2) is 50.8. The van der Waals surface area contributed by atoms with Crippen LogP contribution in [-0.4, -0.2) is 11.4 Å². The maximum absolute atomic E-state index is 5.37. The smallest absolute Gasteiger partial charge is 0.0666 e. The summed E-state index contributed by atoms with van der Waals surface area (Å²) in [6, 6.07) is 17.9. The first-order valence-corrected chi connectivity index (χ1v) is 30.5. The van der Waals surface area contributed by atoms with Crippen molar-refractivity contribution in [3.8, 4) is 11.8 Å². The maximum Gasteiger partial charge on any atom is 0.0666 e. The van der Waals surface area contributed by atoms with Crippen LogP contribution in [0.1, 0.15) is 321 Å². The zero-order chi connectivity index (χ0) is 48.5.